The van der Waals surface area contributed by atoms with Crippen LogP contribution >= 0.6 is 31.9 Å². The van der Waals surface area contributed by atoms with Crippen molar-refractivity contribution >= 4 is 43.5 Å². The number of nitriles is 1. The highest BCUT2D eigenvalue weighted by Gasteiger charge is 2.28. The molecule has 1 heterocycles. The van der Waals surface area contributed by atoms with Crippen LogP contribution in [0.25, 0.3) is 0 Å². The molecule has 1 saturated heterocycles. The summed E-state index contributed by atoms with van der Waals surface area (Å²) in [7, 11) is 0. The van der Waals surface area contributed by atoms with Gasteiger partial charge in [-0.2, -0.15) is 5.26 Å². The van der Waals surface area contributed by atoms with Crippen molar-refractivity contribution in [2.24, 2.45) is 0 Å². The van der Waals surface area contributed by atoms with Crippen LogP contribution < -0.4 is 4.90 Å². The molecule has 1 atom stereocenters. The molecule has 1 unspecified atom stereocenters. The fraction of sp³-hybridized carbons (Fsp3) is 0.333. The van der Waals surface area contributed by atoms with Crippen molar-refractivity contribution in [3.8, 4) is 6.07 Å². The summed E-state index contributed by atoms with van der Waals surface area (Å²) in [6, 6.07) is 7.35. The first-order chi connectivity index (χ1) is 8.13. The Hall–Kier alpha value is -0.860. The van der Waals surface area contributed by atoms with Gasteiger partial charge in [0.1, 0.15) is 0 Å². The minimum Gasteiger partial charge on any atom is -0.310 e. The van der Waals surface area contributed by atoms with E-state index < -0.39 is 0 Å². The Morgan fingerprint density at radius 2 is 2.24 bits per heavy atom. The maximum Gasteiger partial charge on any atom is 0.240 e. The molecule has 0 saturated carbocycles. The van der Waals surface area contributed by atoms with Gasteiger partial charge in [0.2, 0.25) is 5.91 Å². The zero-order valence-corrected chi connectivity index (χ0v) is 12.2. The number of amides is 1. The number of benzene rings is 1. The standard InChI is InChI=1S/C12H10Br2N2O/c13-9-2-1-5-16(12(9)17)11-4-3-8(7-15)6-10(11)14/h3-4,6,9H,1-2,5H2. The van der Waals surface area contributed by atoms with Crippen molar-refractivity contribution in [1.29, 1.82) is 5.26 Å². The average Bonchev–Trinajstić information content (AvgIpc) is 2.33. The van der Waals surface area contributed by atoms with Crippen molar-refractivity contribution < 1.29 is 4.79 Å². The van der Waals surface area contributed by atoms with Gasteiger partial charge in [-0.1, -0.05) is 15.9 Å². The first-order valence-electron chi connectivity index (χ1n) is 5.28. The number of carbonyl (C=O) groups excluding carboxylic acids is 1. The highest BCUT2D eigenvalue weighted by atomic mass is 79.9. The minimum absolute atomic E-state index is 0.0849. The van der Waals surface area contributed by atoms with Gasteiger partial charge < -0.3 is 4.90 Å². The number of alkyl halides is 1. The molecule has 0 aliphatic carbocycles. The van der Waals surface area contributed by atoms with E-state index in [1.807, 2.05) is 6.07 Å². The normalized spacial score (nSPS) is 20.2. The van der Waals surface area contributed by atoms with Crippen molar-refractivity contribution in [2.45, 2.75) is 17.7 Å². The molecule has 88 valence electrons. The Morgan fingerprint density at radius 3 is 2.88 bits per heavy atom. The summed E-state index contributed by atoms with van der Waals surface area (Å²) in [5, 5.41) is 8.80. The van der Waals surface area contributed by atoms with E-state index >= 15 is 0 Å². The van der Waals surface area contributed by atoms with Gasteiger partial charge in [0.25, 0.3) is 0 Å². The molecule has 1 fully saturated rings. The van der Waals surface area contributed by atoms with E-state index in [0.717, 1.165) is 29.5 Å². The van der Waals surface area contributed by atoms with E-state index in [-0.39, 0.29) is 10.7 Å². The molecular formula is C12H10Br2N2O. The lowest BCUT2D eigenvalue weighted by atomic mass is 10.1. The number of halogens is 2. The summed E-state index contributed by atoms with van der Waals surface area (Å²) in [5.41, 5.74) is 1.42. The summed E-state index contributed by atoms with van der Waals surface area (Å²) in [5.74, 6) is 0.0849. The fourth-order valence-corrected chi connectivity index (χ4v) is 3.03. The third kappa shape index (κ3) is 2.53. The lowest BCUT2D eigenvalue weighted by Crippen LogP contribution is -2.41. The predicted octanol–water partition coefficient (Wildman–Crippen LogP) is 3.21. The zero-order chi connectivity index (χ0) is 12.4. The van der Waals surface area contributed by atoms with Crippen LogP contribution in [0.15, 0.2) is 22.7 Å². The second-order valence-electron chi connectivity index (χ2n) is 3.88. The molecule has 1 amide bonds. The zero-order valence-electron chi connectivity index (χ0n) is 8.99. The number of piperidine rings is 1. The molecule has 5 heteroatoms. The third-order valence-corrected chi connectivity index (χ3v) is 4.23. The van der Waals surface area contributed by atoms with E-state index in [9.17, 15) is 4.79 Å². The highest BCUT2D eigenvalue weighted by Crippen LogP contribution is 2.31. The van der Waals surface area contributed by atoms with Crippen LogP contribution in [0.4, 0.5) is 5.69 Å². The van der Waals surface area contributed by atoms with Crippen LogP contribution in [0.5, 0.6) is 0 Å². The number of nitrogens with zero attached hydrogens (tertiary/aromatic N) is 2. The molecule has 3 nitrogen and oxygen atoms in total. The summed E-state index contributed by atoms with van der Waals surface area (Å²) in [6.45, 7) is 0.728. The van der Waals surface area contributed by atoms with Gasteiger partial charge >= 0.3 is 0 Å². The first-order valence-corrected chi connectivity index (χ1v) is 6.99. The number of carbonyl (C=O) groups is 1. The van der Waals surface area contributed by atoms with Crippen LogP contribution in [0.2, 0.25) is 0 Å². The third-order valence-electron chi connectivity index (χ3n) is 2.74. The second kappa shape index (κ2) is 5.19. The molecular weight excluding hydrogens is 348 g/mol. The Morgan fingerprint density at radius 1 is 1.47 bits per heavy atom. The van der Waals surface area contributed by atoms with Crippen molar-refractivity contribution in [3.63, 3.8) is 0 Å². The molecule has 1 aliphatic heterocycles. The molecule has 0 radical (unpaired) electrons. The predicted molar refractivity (Wildman–Crippen MR) is 73.2 cm³/mol. The molecule has 2 rings (SSSR count). The van der Waals surface area contributed by atoms with Gasteiger partial charge in [-0.25, -0.2) is 0 Å². The summed E-state index contributed by atoms with van der Waals surface area (Å²) in [6.07, 6.45) is 1.86. The van der Waals surface area contributed by atoms with E-state index in [0.29, 0.717) is 5.56 Å². The maximum absolute atomic E-state index is 12.0. The molecule has 1 aromatic carbocycles. The smallest absolute Gasteiger partial charge is 0.240 e. The molecule has 0 N–H and O–H groups in total. The number of hydrogen-bond donors (Lipinski definition) is 0. The number of anilines is 1. The SMILES string of the molecule is N#Cc1ccc(N2CCCC(Br)C2=O)c(Br)c1. The van der Waals surface area contributed by atoms with Crippen LogP contribution in [-0.2, 0) is 4.79 Å². The summed E-state index contributed by atoms with van der Waals surface area (Å²) in [4.78, 5) is 13.7. The first kappa shape index (κ1) is 12.6. The van der Waals surface area contributed by atoms with Gasteiger partial charge in [-0.05, 0) is 47.0 Å². The Balaban J connectivity index is 2.34. The topological polar surface area (TPSA) is 44.1 Å². The van der Waals surface area contributed by atoms with E-state index in [4.69, 9.17) is 5.26 Å². The molecule has 1 aliphatic rings. The van der Waals surface area contributed by atoms with Crippen molar-refractivity contribution in [3.05, 3.63) is 28.2 Å². The van der Waals surface area contributed by atoms with E-state index in [1.165, 1.54) is 0 Å². The molecule has 17 heavy (non-hydrogen) atoms. The lowest BCUT2D eigenvalue weighted by Gasteiger charge is -2.30. The second-order valence-corrected chi connectivity index (χ2v) is 5.84. The van der Waals surface area contributed by atoms with Crippen molar-refractivity contribution in [1.82, 2.24) is 0 Å². The highest BCUT2D eigenvalue weighted by molar-refractivity contribution is 9.10. The molecule has 0 aromatic heterocycles. The van der Waals surface area contributed by atoms with Crippen LogP contribution in [0, 0.1) is 11.3 Å². The van der Waals surface area contributed by atoms with Gasteiger partial charge in [0.15, 0.2) is 0 Å². The Kier molecular flexibility index (Phi) is 3.85. The Labute approximate surface area is 117 Å². The monoisotopic (exact) mass is 356 g/mol. The quantitative estimate of drug-likeness (QED) is 0.724. The average molecular weight is 358 g/mol. The van der Waals surface area contributed by atoms with Crippen LogP contribution in [-0.4, -0.2) is 17.3 Å². The number of rotatable bonds is 1. The number of hydrogen-bond acceptors (Lipinski definition) is 2. The maximum atomic E-state index is 12.0. The minimum atomic E-state index is -0.0983. The fourth-order valence-electron chi connectivity index (χ4n) is 1.87. The largest absolute Gasteiger partial charge is 0.310 e. The van der Waals surface area contributed by atoms with Crippen molar-refractivity contribution in [2.75, 3.05) is 11.4 Å². The van der Waals surface area contributed by atoms with Gasteiger partial charge in [0, 0.05) is 11.0 Å². The Bertz CT molecular complexity index is 496. The summed E-state index contributed by atoms with van der Waals surface area (Å²) < 4.78 is 0.784. The van der Waals surface area contributed by atoms with Gasteiger partial charge in [0.05, 0.1) is 22.1 Å². The van der Waals surface area contributed by atoms with Crippen LogP contribution in [0.3, 0.4) is 0 Å². The molecule has 0 spiro atoms. The van der Waals surface area contributed by atoms with Crippen LogP contribution in [0.1, 0.15) is 18.4 Å². The van der Waals surface area contributed by atoms with E-state index in [2.05, 4.69) is 37.9 Å². The van der Waals surface area contributed by atoms with Gasteiger partial charge in [-0.3, -0.25) is 4.79 Å². The summed E-state index contributed by atoms with van der Waals surface area (Å²) >= 11 is 6.80. The lowest BCUT2D eigenvalue weighted by molar-refractivity contribution is -0.118. The molecule has 0 bridgehead atoms. The van der Waals surface area contributed by atoms with Gasteiger partial charge in [-0.15, -0.1) is 0 Å². The molecule has 1 aromatic rings. The van der Waals surface area contributed by atoms with E-state index in [1.54, 1.807) is 17.0 Å².